The molecule has 149 heavy (non-hydrogen) atoms. The number of ether oxygens (including phenoxy) is 16. The summed E-state index contributed by atoms with van der Waals surface area (Å²) in [5, 5.41) is 305. The average Bonchev–Trinajstić information content (AvgIpc) is 1.55. The molecule has 8 saturated heterocycles. The summed E-state index contributed by atoms with van der Waals surface area (Å²) >= 11 is 0. The minimum atomic E-state index is -1.90. The van der Waals surface area contributed by atoms with Crippen LogP contribution in [0.2, 0.25) is 0 Å². The standard InChI is InChI=1S/C101H170N2O46/c1-40(48-16-18-50-46-14-12-42-28-44(134-90-82(130)74(122)86(58(36-108)140-90)146-94-78(126)70(118)66(114)54(32-104)136-94)22-24-98(42,3)52(46)30-62(100(48,50)5)144-92-84(132)76(124)88(60(38-110)142-92)148-96-80(128)72(120)68(116)56(34-106)138-96)10-20-64(112)102(7)26-9-27-103(8)65(113)21-11-41(2)49-17-19-51-47-15-13-43-29-45(135-91-83(131)75(123)87(59(37-109)141-91)147-95-79(127)71(119)67(115)55(33-105)137-95)23-25-99(43,4)53(47)31-63(101(49,51)6)145-93-85(133)77(125)89(61(39-111)143-93)149-97-81(129)73(121)69(117)57(35-107)139-97/h40-63,66-97,104-111,114-133H,9-39H2,1-8H3/t40-,41-,42-,43-,44-,45-,46+,47+,48-,49-,50+,51+,52+,53+,54-,55-,56-,57-,58-,59-,60-,61-,62+,63+,66-,67-,68-,69-,70+,71+,72+,73+,74-,75-,76-,77-,78-,79-,80-,81-,82-,83-,84-,85-,86-,87-,88-,89-,90-,91-,92+,93+,94-,95-,96-,97-,98+,99+,100-,101-/m1/s1. The van der Waals surface area contributed by atoms with Crippen molar-refractivity contribution in [1.29, 1.82) is 0 Å². The van der Waals surface area contributed by atoms with E-state index in [9.17, 15) is 153 Å². The highest BCUT2D eigenvalue weighted by atomic mass is 16.8. The van der Waals surface area contributed by atoms with E-state index in [-0.39, 0.29) is 107 Å². The van der Waals surface area contributed by atoms with Crippen molar-refractivity contribution >= 4 is 11.8 Å². The second-order valence-corrected chi connectivity index (χ2v) is 47.2. The Balaban J connectivity index is 0.556. The number of carbonyl (C=O) groups is 2. The number of carbonyl (C=O) groups excluding carboxylic acids is 2. The van der Waals surface area contributed by atoms with Gasteiger partial charge in [0.15, 0.2) is 50.3 Å². The Morgan fingerprint density at radius 2 is 0.537 bits per heavy atom. The molecule has 0 bridgehead atoms. The zero-order valence-corrected chi connectivity index (χ0v) is 86.0. The van der Waals surface area contributed by atoms with Gasteiger partial charge in [-0.25, -0.2) is 0 Å². The molecule has 16 aliphatic rings. The van der Waals surface area contributed by atoms with Crippen LogP contribution in [0.15, 0.2) is 0 Å². The minimum Gasteiger partial charge on any atom is -0.394 e. The summed E-state index contributed by atoms with van der Waals surface area (Å²) in [4.78, 5) is 32.4. The molecule has 8 aliphatic heterocycles. The number of amides is 2. The van der Waals surface area contributed by atoms with E-state index < -0.39 is 334 Å². The molecule has 16 fully saturated rings. The molecule has 860 valence electrons. The van der Waals surface area contributed by atoms with Gasteiger partial charge in [-0.2, -0.15) is 0 Å². The van der Waals surface area contributed by atoms with Crippen LogP contribution in [0.1, 0.15) is 176 Å². The lowest BCUT2D eigenvalue weighted by Gasteiger charge is -2.63. The molecule has 8 heterocycles. The first-order chi connectivity index (χ1) is 70.7. The lowest BCUT2D eigenvalue weighted by molar-refractivity contribution is -0.370. The van der Waals surface area contributed by atoms with E-state index in [1.54, 1.807) is 23.9 Å². The Labute approximate surface area is 865 Å². The SMILES string of the molecule is C[C@H](CCC(=O)N(C)CCCN(C)C(=O)CC[C@@H](C)[C@H]1CC[C@H]2[C@@H]3CC[C@@H]4C[C@H](O[C@@H]5O[C@H](CO)[C@@H](O[C@H]6O[C@H](CO)[C@@H](O)[C@H](O)[C@H]6O)[C@H](O)[C@H]5O)CC[C@]4(C)[C@H]3C[C@H](O[C@@H]3O[C@H](CO)[C@@H](O[C@H]4O[C@H](CO)[C@@H](O)[C@H](O)[C@H]4O)[C@H](O)[C@H]3O)[C@]12C)[C@H]1CC[C@H]2[C@@H]3CC[C@@H]4C[C@H](O[C@@H]5O[C@H](CO)[C@@H](O[C@H]6O[C@H](CO)[C@@H](O)[C@H](O)[C@H]6O)[C@H](O)[C@H]5O)CC[C@]4(C)[C@H]3C[C@H](O[C@@H]3O[C@H](CO)[C@@H](O[C@H]4O[C@H](CO)[C@@H](O)[C@H](O)[C@H]4O)[C@H](O)[C@H]3O)[C@]12C. The van der Waals surface area contributed by atoms with Gasteiger partial charge in [-0.3, -0.25) is 9.59 Å². The van der Waals surface area contributed by atoms with Gasteiger partial charge in [0.2, 0.25) is 11.8 Å². The fourth-order valence-corrected chi connectivity index (χ4v) is 30.5. The molecule has 48 nitrogen and oxygen atoms in total. The molecule has 16 rings (SSSR count). The van der Waals surface area contributed by atoms with Crippen molar-refractivity contribution in [3.8, 4) is 0 Å². The first-order valence-corrected chi connectivity index (χ1v) is 54.2. The number of aliphatic hydroxyl groups excluding tert-OH is 28. The van der Waals surface area contributed by atoms with Crippen molar-refractivity contribution in [1.82, 2.24) is 9.80 Å². The van der Waals surface area contributed by atoms with Crippen molar-refractivity contribution in [2.75, 3.05) is 80.0 Å². The number of nitrogens with zero attached hydrogens (tertiary/aromatic N) is 2. The van der Waals surface area contributed by atoms with Crippen LogP contribution in [0.4, 0.5) is 0 Å². The first-order valence-electron chi connectivity index (χ1n) is 54.2. The van der Waals surface area contributed by atoms with Gasteiger partial charge in [-0.15, -0.1) is 0 Å². The molecule has 0 unspecified atom stereocenters. The van der Waals surface area contributed by atoms with E-state index in [1.165, 1.54) is 0 Å². The fraction of sp³-hybridized carbons (Fsp3) is 0.980. The Kier molecular flexibility index (Phi) is 39.0. The summed E-state index contributed by atoms with van der Waals surface area (Å²) in [6, 6.07) is 0. The van der Waals surface area contributed by atoms with E-state index in [4.69, 9.17) is 75.8 Å². The third-order valence-electron chi connectivity index (χ3n) is 39.5. The van der Waals surface area contributed by atoms with Crippen LogP contribution >= 0.6 is 0 Å². The Morgan fingerprint density at radius 3 is 0.805 bits per heavy atom. The van der Waals surface area contributed by atoms with Crippen molar-refractivity contribution in [3.05, 3.63) is 0 Å². The smallest absolute Gasteiger partial charge is 0.222 e. The van der Waals surface area contributed by atoms with Crippen LogP contribution in [0.25, 0.3) is 0 Å². The van der Waals surface area contributed by atoms with E-state index >= 15 is 0 Å². The molecule has 0 aromatic rings. The summed E-state index contributed by atoms with van der Waals surface area (Å²) in [5.41, 5.74) is -2.08. The van der Waals surface area contributed by atoms with Gasteiger partial charge < -0.3 is 229 Å². The molecular weight excluding hydrogens is 1980 g/mol. The molecule has 48 heteroatoms. The largest absolute Gasteiger partial charge is 0.394 e. The maximum atomic E-state index is 14.5. The predicted octanol–water partition coefficient (Wildman–Crippen LogP) is -8.30. The topological polar surface area (TPSA) is 755 Å². The second kappa shape index (κ2) is 49.0. The van der Waals surface area contributed by atoms with Crippen LogP contribution in [0, 0.1) is 92.7 Å². The summed E-state index contributed by atoms with van der Waals surface area (Å²) in [5.74, 6) is -0.256. The lowest BCUT2D eigenvalue weighted by Crippen LogP contribution is -2.66. The molecule has 2 amide bonds. The summed E-state index contributed by atoms with van der Waals surface area (Å²) in [6.07, 6.45) is -57.3. The number of aliphatic hydroxyl groups is 28. The van der Waals surface area contributed by atoms with Crippen molar-refractivity contribution in [2.45, 2.75) is 446 Å². The molecule has 0 aromatic heterocycles. The van der Waals surface area contributed by atoms with Crippen LogP contribution < -0.4 is 0 Å². The van der Waals surface area contributed by atoms with Crippen LogP contribution in [0.5, 0.6) is 0 Å². The third kappa shape index (κ3) is 22.8. The van der Waals surface area contributed by atoms with Gasteiger partial charge >= 0.3 is 0 Å². The van der Waals surface area contributed by atoms with E-state index in [0.717, 1.165) is 51.4 Å². The summed E-state index contributed by atoms with van der Waals surface area (Å²) in [7, 11) is 3.47. The Bertz CT molecular complexity index is 3980. The van der Waals surface area contributed by atoms with Gasteiger partial charge in [0.05, 0.1) is 77.3 Å². The summed E-state index contributed by atoms with van der Waals surface area (Å²) < 4.78 is 98.3. The first kappa shape index (κ1) is 119. The second-order valence-electron chi connectivity index (χ2n) is 47.2. The maximum Gasteiger partial charge on any atom is 0.222 e. The van der Waals surface area contributed by atoms with Crippen LogP contribution in [-0.2, 0) is 85.4 Å². The van der Waals surface area contributed by atoms with Gasteiger partial charge in [-0.05, 0) is 204 Å². The third-order valence-corrected chi connectivity index (χ3v) is 39.5. The summed E-state index contributed by atoms with van der Waals surface area (Å²) in [6.45, 7) is 7.60. The fourth-order valence-electron chi connectivity index (χ4n) is 30.5. The Hall–Kier alpha value is -2.82. The molecular formula is C101H170N2O46. The highest BCUT2D eigenvalue weighted by Gasteiger charge is 2.70. The van der Waals surface area contributed by atoms with Gasteiger partial charge in [0.1, 0.15) is 195 Å². The predicted molar refractivity (Wildman–Crippen MR) is 503 cm³/mol. The van der Waals surface area contributed by atoms with Crippen LogP contribution in [-0.4, -0.2) is 515 Å². The molecule has 60 atom stereocenters. The van der Waals surface area contributed by atoms with Crippen molar-refractivity contribution in [3.63, 3.8) is 0 Å². The molecule has 28 N–H and O–H groups in total. The quantitative estimate of drug-likeness (QED) is 0.0259. The highest BCUT2D eigenvalue weighted by Crippen LogP contribution is 2.72. The molecule has 0 radical (unpaired) electrons. The number of fused-ring (bicyclic) bond motifs is 10. The van der Waals surface area contributed by atoms with Crippen molar-refractivity contribution in [2.24, 2.45) is 92.7 Å². The monoisotopic (exact) mass is 2150 g/mol. The number of rotatable bonds is 36. The van der Waals surface area contributed by atoms with Gasteiger partial charge in [0, 0.05) is 50.9 Å². The Morgan fingerprint density at radius 1 is 0.289 bits per heavy atom. The highest BCUT2D eigenvalue weighted by molar-refractivity contribution is 5.76. The van der Waals surface area contributed by atoms with Crippen molar-refractivity contribution < 1.29 is 228 Å². The molecule has 0 spiro atoms. The zero-order valence-electron chi connectivity index (χ0n) is 86.0. The van der Waals surface area contributed by atoms with E-state index in [0.29, 0.717) is 83.7 Å². The molecule has 8 saturated carbocycles. The van der Waals surface area contributed by atoms with Gasteiger partial charge in [0.25, 0.3) is 0 Å². The zero-order chi connectivity index (χ0) is 108. The average molecular weight is 2150 g/mol. The number of hydrogen-bond acceptors (Lipinski definition) is 46. The van der Waals surface area contributed by atoms with E-state index in [1.807, 2.05) is 0 Å². The number of hydrogen-bond donors (Lipinski definition) is 28. The normalized spacial score (nSPS) is 52.0. The lowest BCUT2D eigenvalue weighted by atomic mass is 9.43. The van der Waals surface area contributed by atoms with Gasteiger partial charge in [-0.1, -0.05) is 41.5 Å². The van der Waals surface area contributed by atoms with Crippen LogP contribution in [0.3, 0.4) is 0 Å². The minimum absolute atomic E-state index is 0.0141. The molecule has 0 aromatic carbocycles. The molecule has 8 aliphatic carbocycles. The van der Waals surface area contributed by atoms with E-state index in [2.05, 4.69) is 41.5 Å². The maximum absolute atomic E-state index is 14.5.